The summed E-state index contributed by atoms with van der Waals surface area (Å²) >= 11 is 20.1. The quantitative estimate of drug-likeness (QED) is 0.287. The average molecular weight is 522 g/mol. The van der Waals surface area contributed by atoms with Gasteiger partial charge in [0.15, 0.2) is 5.76 Å². The summed E-state index contributed by atoms with van der Waals surface area (Å²) in [4.78, 5) is 26.0. The van der Waals surface area contributed by atoms with Crippen molar-refractivity contribution in [3.63, 3.8) is 0 Å². The van der Waals surface area contributed by atoms with Gasteiger partial charge >= 0.3 is 0 Å². The number of carbonyl (C=O) groups is 2. The van der Waals surface area contributed by atoms with Gasteiger partial charge in [-0.1, -0.05) is 53.0 Å². The van der Waals surface area contributed by atoms with E-state index < -0.39 is 11.4 Å². The van der Waals surface area contributed by atoms with Gasteiger partial charge in [0.1, 0.15) is 10.6 Å². The predicted octanol–water partition coefficient (Wildman–Crippen LogP) is 7.90. The third kappa shape index (κ3) is 4.89. The molecule has 4 aromatic rings. The van der Waals surface area contributed by atoms with Crippen LogP contribution in [0.1, 0.15) is 41.0 Å². The Labute approximate surface area is 209 Å². The lowest BCUT2D eigenvalue weighted by Crippen LogP contribution is -2.40. The predicted molar refractivity (Wildman–Crippen MR) is 136 cm³/mol. The minimum atomic E-state index is -0.447. The molecule has 0 aliphatic heterocycles. The van der Waals surface area contributed by atoms with Gasteiger partial charge in [-0.25, -0.2) is 0 Å². The molecule has 4 rings (SSSR count). The van der Waals surface area contributed by atoms with E-state index >= 15 is 0 Å². The van der Waals surface area contributed by atoms with E-state index in [4.69, 9.17) is 39.2 Å². The van der Waals surface area contributed by atoms with E-state index in [0.717, 1.165) is 0 Å². The molecular formula is C24H19Cl3N2O3S. The lowest BCUT2D eigenvalue weighted by molar-refractivity contribution is 0.0923. The van der Waals surface area contributed by atoms with Crippen LogP contribution >= 0.6 is 46.1 Å². The van der Waals surface area contributed by atoms with Crippen LogP contribution in [0, 0.1) is 0 Å². The van der Waals surface area contributed by atoms with Crippen LogP contribution in [-0.4, -0.2) is 17.4 Å². The Morgan fingerprint density at radius 1 is 0.909 bits per heavy atom. The highest BCUT2D eigenvalue weighted by molar-refractivity contribution is 7.22. The number of thiophene rings is 1. The molecule has 0 bridgehead atoms. The van der Waals surface area contributed by atoms with Crippen molar-refractivity contribution >= 4 is 73.7 Å². The standard InChI is InChI=1S/C24H19Cl3N2O3S/c1-24(2,3)29-23(31)21-19(27)13-7-5-9-15(20(13)33-21)28-22(30)17-11-10-16(32-17)12-6-4-8-14(25)18(12)26/h4-11H,1-3H3,(H,28,30)(H,29,31). The van der Waals surface area contributed by atoms with Crippen molar-refractivity contribution < 1.29 is 14.0 Å². The zero-order valence-electron chi connectivity index (χ0n) is 17.9. The van der Waals surface area contributed by atoms with Crippen molar-refractivity contribution in [1.29, 1.82) is 0 Å². The number of furan rings is 1. The third-order valence-electron chi connectivity index (χ3n) is 4.64. The maximum atomic E-state index is 12.9. The molecule has 2 N–H and O–H groups in total. The Hall–Kier alpha value is -2.51. The second kappa shape index (κ2) is 9.03. The third-order valence-corrected chi connectivity index (χ3v) is 7.21. The Bertz CT molecular complexity index is 1390. The maximum absolute atomic E-state index is 12.9. The van der Waals surface area contributed by atoms with Gasteiger partial charge in [-0.2, -0.15) is 0 Å². The SMILES string of the molecule is CC(C)(C)NC(=O)c1sc2c(NC(=O)c3ccc(-c4cccc(Cl)c4Cl)o3)cccc2c1Cl. The summed E-state index contributed by atoms with van der Waals surface area (Å²) in [5.41, 5.74) is 0.707. The van der Waals surface area contributed by atoms with Crippen LogP contribution in [0.2, 0.25) is 15.1 Å². The first-order chi connectivity index (χ1) is 15.5. The number of rotatable bonds is 4. The number of hydrogen-bond acceptors (Lipinski definition) is 4. The van der Waals surface area contributed by atoms with Crippen LogP contribution in [0.25, 0.3) is 21.4 Å². The smallest absolute Gasteiger partial charge is 0.291 e. The van der Waals surface area contributed by atoms with Crippen LogP contribution < -0.4 is 10.6 Å². The number of nitrogens with one attached hydrogen (secondary N) is 2. The van der Waals surface area contributed by atoms with Crippen LogP contribution in [0.3, 0.4) is 0 Å². The van der Waals surface area contributed by atoms with Crippen molar-refractivity contribution in [1.82, 2.24) is 5.32 Å². The van der Waals surface area contributed by atoms with E-state index in [-0.39, 0.29) is 11.7 Å². The summed E-state index contributed by atoms with van der Waals surface area (Å²) in [6, 6.07) is 13.7. The van der Waals surface area contributed by atoms with E-state index in [0.29, 0.717) is 47.0 Å². The number of halogens is 3. The first-order valence-electron chi connectivity index (χ1n) is 9.94. The molecule has 0 saturated carbocycles. The molecule has 0 spiro atoms. The Morgan fingerprint density at radius 2 is 1.64 bits per heavy atom. The molecule has 0 radical (unpaired) electrons. The molecule has 0 atom stereocenters. The van der Waals surface area contributed by atoms with Crippen molar-refractivity contribution in [2.75, 3.05) is 5.32 Å². The molecule has 170 valence electrons. The summed E-state index contributed by atoms with van der Waals surface area (Å²) < 4.78 is 6.43. The molecule has 0 aliphatic rings. The Morgan fingerprint density at radius 3 is 2.36 bits per heavy atom. The molecule has 0 unspecified atom stereocenters. The number of amides is 2. The minimum absolute atomic E-state index is 0.103. The number of carbonyl (C=O) groups excluding carboxylic acids is 2. The Kier molecular flexibility index (Phi) is 6.47. The fraction of sp³-hybridized carbons (Fsp3) is 0.167. The summed E-state index contributed by atoms with van der Waals surface area (Å²) in [7, 11) is 0. The number of hydrogen-bond donors (Lipinski definition) is 2. The summed E-state index contributed by atoms with van der Waals surface area (Å²) in [6.07, 6.45) is 0. The normalized spacial score (nSPS) is 11.6. The first kappa shape index (κ1) is 23.6. The van der Waals surface area contributed by atoms with Crippen molar-refractivity contribution in [3.8, 4) is 11.3 Å². The van der Waals surface area contributed by atoms with E-state index in [9.17, 15) is 9.59 Å². The largest absolute Gasteiger partial charge is 0.451 e. The van der Waals surface area contributed by atoms with Gasteiger partial charge in [0.05, 0.1) is 25.5 Å². The van der Waals surface area contributed by atoms with E-state index in [1.807, 2.05) is 26.8 Å². The van der Waals surface area contributed by atoms with Gasteiger partial charge in [0.2, 0.25) is 0 Å². The molecule has 2 amide bonds. The molecule has 0 aliphatic carbocycles. The van der Waals surface area contributed by atoms with Crippen molar-refractivity contribution in [2.24, 2.45) is 0 Å². The van der Waals surface area contributed by atoms with Gasteiger partial charge in [-0.3, -0.25) is 9.59 Å². The van der Waals surface area contributed by atoms with E-state index in [2.05, 4.69) is 10.6 Å². The van der Waals surface area contributed by atoms with Gasteiger partial charge in [0.25, 0.3) is 11.8 Å². The van der Waals surface area contributed by atoms with Crippen LogP contribution in [-0.2, 0) is 0 Å². The monoisotopic (exact) mass is 520 g/mol. The van der Waals surface area contributed by atoms with Crippen LogP contribution in [0.5, 0.6) is 0 Å². The van der Waals surface area contributed by atoms with Gasteiger partial charge in [-0.15, -0.1) is 11.3 Å². The highest BCUT2D eigenvalue weighted by atomic mass is 35.5. The van der Waals surface area contributed by atoms with Crippen molar-refractivity contribution in [2.45, 2.75) is 26.3 Å². The summed E-state index contributed by atoms with van der Waals surface area (Å²) in [6.45, 7) is 5.68. The lowest BCUT2D eigenvalue weighted by Gasteiger charge is -2.19. The molecular weight excluding hydrogens is 503 g/mol. The molecule has 0 saturated heterocycles. The molecule has 33 heavy (non-hydrogen) atoms. The molecule has 2 aromatic heterocycles. The second-order valence-electron chi connectivity index (χ2n) is 8.35. The number of anilines is 1. The minimum Gasteiger partial charge on any atom is -0.451 e. The fourth-order valence-corrected chi connectivity index (χ4v) is 5.08. The van der Waals surface area contributed by atoms with E-state index in [1.165, 1.54) is 11.3 Å². The molecule has 9 heteroatoms. The molecule has 2 aromatic carbocycles. The van der Waals surface area contributed by atoms with Crippen LogP contribution in [0.15, 0.2) is 52.9 Å². The Balaban J connectivity index is 1.63. The highest BCUT2D eigenvalue weighted by Gasteiger charge is 2.23. The van der Waals surface area contributed by atoms with Gasteiger partial charge in [0, 0.05) is 16.5 Å². The number of benzene rings is 2. The average Bonchev–Trinajstić information content (AvgIpc) is 3.35. The van der Waals surface area contributed by atoms with Gasteiger partial charge < -0.3 is 15.1 Å². The van der Waals surface area contributed by atoms with Gasteiger partial charge in [-0.05, 0) is 51.1 Å². The second-order valence-corrected chi connectivity index (χ2v) is 10.5. The maximum Gasteiger partial charge on any atom is 0.291 e. The molecule has 0 fully saturated rings. The topological polar surface area (TPSA) is 71.3 Å². The van der Waals surface area contributed by atoms with Crippen LogP contribution in [0.4, 0.5) is 5.69 Å². The van der Waals surface area contributed by atoms with Crippen molar-refractivity contribution in [3.05, 3.63) is 74.2 Å². The first-order valence-corrected chi connectivity index (χ1v) is 11.9. The zero-order valence-corrected chi connectivity index (χ0v) is 21.0. The summed E-state index contributed by atoms with van der Waals surface area (Å²) in [5, 5.41) is 7.54. The zero-order chi connectivity index (χ0) is 23.9. The lowest BCUT2D eigenvalue weighted by atomic mass is 10.1. The fourth-order valence-electron chi connectivity index (χ4n) is 3.21. The number of fused-ring (bicyclic) bond motifs is 1. The highest BCUT2D eigenvalue weighted by Crippen LogP contribution is 2.40. The molecule has 5 nitrogen and oxygen atoms in total. The summed E-state index contributed by atoms with van der Waals surface area (Å²) in [5.74, 6) is -0.185. The van der Waals surface area contributed by atoms with E-state index in [1.54, 1.807) is 42.5 Å². The molecule has 2 heterocycles.